The monoisotopic (exact) mass is 539 g/mol. The largest absolute Gasteiger partial charge is 0.503 e. The van der Waals surface area contributed by atoms with E-state index in [4.69, 9.17) is 9.15 Å². The number of para-hydroxylation sites is 1. The average molecular weight is 540 g/mol. The molecule has 3 heterocycles. The number of nitrogens with zero attached hydrogens (tertiary/aromatic N) is 2. The zero-order valence-electron chi connectivity index (χ0n) is 22.3. The first-order valence-electron chi connectivity index (χ1n) is 12.7. The normalized spacial score (nSPS) is 16.0. The van der Waals surface area contributed by atoms with Gasteiger partial charge in [0.1, 0.15) is 5.82 Å². The van der Waals surface area contributed by atoms with Gasteiger partial charge in [-0.1, -0.05) is 57.2 Å². The number of Topliss-reactive ketones (excluding diaryl/α,β-unsaturated/α-hetero) is 1. The van der Waals surface area contributed by atoms with E-state index < -0.39 is 29.3 Å². The van der Waals surface area contributed by atoms with Gasteiger partial charge in [0.15, 0.2) is 22.9 Å². The second-order valence-corrected chi connectivity index (χ2v) is 10.8. The quantitative estimate of drug-likeness (QED) is 0.246. The molecule has 6 rings (SSSR count). The molecule has 5 aromatic rings. The lowest BCUT2D eigenvalue weighted by molar-refractivity contribution is -0.117. The molecule has 1 aliphatic heterocycles. The number of nitrogens with one attached hydrogen (secondary N) is 1. The first kappa shape index (κ1) is 25.4. The topological polar surface area (TPSA) is 109 Å². The maximum atomic E-state index is 14.0. The van der Waals surface area contributed by atoms with E-state index in [2.05, 4.69) is 30.7 Å². The predicted octanol–water partition coefficient (Wildman–Crippen LogP) is 6.54. The number of fused-ring (bicyclic) bond motifs is 2. The lowest BCUT2D eigenvalue weighted by Crippen LogP contribution is -2.32. The highest BCUT2D eigenvalue weighted by Gasteiger charge is 2.46. The van der Waals surface area contributed by atoms with Crippen LogP contribution in [-0.4, -0.2) is 33.9 Å². The van der Waals surface area contributed by atoms with Gasteiger partial charge in [0.25, 0.3) is 5.91 Å². The number of hydrogen-bond acceptors (Lipinski definition) is 6. The molecule has 1 aliphatic rings. The van der Waals surface area contributed by atoms with Crippen LogP contribution in [0.25, 0.3) is 22.0 Å². The third-order valence-corrected chi connectivity index (χ3v) is 7.16. The van der Waals surface area contributed by atoms with Crippen molar-refractivity contribution in [1.29, 1.82) is 0 Å². The minimum atomic E-state index is -1.03. The Morgan fingerprint density at radius 2 is 1.85 bits per heavy atom. The molecule has 202 valence electrons. The van der Waals surface area contributed by atoms with Crippen LogP contribution >= 0.6 is 0 Å². The van der Waals surface area contributed by atoms with E-state index in [-0.39, 0.29) is 22.7 Å². The van der Waals surface area contributed by atoms with Crippen molar-refractivity contribution in [3.63, 3.8) is 0 Å². The fourth-order valence-electron chi connectivity index (χ4n) is 5.06. The molecular formula is C31H26FN3O5. The molecule has 2 aromatic heterocycles. The number of carbonyl (C=O) groups is 2. The number of carbonyl (C=O) groups excluding carboxylic acids is 2. The van der Waals surface area contributed by atoms with Crippen LogP contribution in [0.15, 0.2) is 82.5 Å². The number of H-pyrrole nitrogens is 1. The van der Waals surface area contributed by atoms with Crippen LogP contribution in [0.4, 0.5) is 10.3 Å². The molecule has 40 heavy (non-hydrogen) atoms. The van der Waals surface area contributed by atoms with Crippen LogP contribution in [0.2, 0.25) is 0 Å². The second kappa shape index (κ2) is 9.08. The summed E-state index contributed by atoms with van der Waals surface area (Å²) in [4.78, 5) is 36.2. The van der Waals surface area contributed by atoms with E-state index in [1.807, 2.05) is 24.3 Å². The molecule has 0 spiro atoms. The number of ether oxygens (including phenoxy) is 1. The Hall–Kier alpha value is -4.92. The molecule has 3 aromatic carbocycles. The molecule has 0 aliphatic carbocycles. The molecule has 1 amide bonds. The summed E-state index contributed by atoms with van der Waals surface area (Å²) in [5.74, 6) is -2.20. The molecule has 2 N–H and O–H groups in total. The van der Waals surface area contributed by atoms with E-state index in [0.29, 0.717) is 33.3 Å². The second-order valence-electron chi connectivity index (χ2n) is 10.8. The highest BCUT2D eigenvalue weighted by atomic mass is 19.1. The fourth-order valence-corrected chi connectivity index (χ4v) is 5.06. The number of benzene rings is 3. The van der Waals surface area contributed by atoms with Crippen molar-refractivity contribution in [2.24, 2.45) is 0 Å². The van der Waals surface area contributed by atoms with Gasteiger partial charge in [0.05, 0.1) is 29.8 Å². The molecular weight excluding hydrogens is 513 g/mol. The number of amides is 1. The molecule has 0 saturated heterocycles. The van der Waals surface area contributed by atoms with Crippen molar-refractivity contribution in [2.75, 3.05) is 12.0 Å². The predicted molar refractivity (Wildman–Crippen MR) is 148 cm³/mol. The van der Waals surface area contributed by atoms with Crippen LogP contribution in [-0.2, 0) is 10.2 Å². The van der Waals surface area contributed by atoms with Crippen LogP contribution in [0.5, 0.6) is 5.75 Å². The number of aliphatic hydroxyl groups excluding tert-OH is 1. The Kier molecular flexibility index (Phi) is 5.76. The van der Waals surface area contributed by atoms with Crippen LogP contribution in [0.1, 0.15) is 48.5 Å². The number of imidazole rings is 1. The van der Waals surface area contributed by atoms with Gasteiger partial charge in [-0.3, -0.25) is 14.5 Å². The van der Waals surface area contributed by atoms with Gasteiger partial charge in [0.2, 0.25) is 11.7 Å². The molecule has 0 saturated carbocycles. The molecule has 9 heteroatoms. The summed E-state index contributed by atoms with van der Waals surface area (Å²) in [5, 5.41) is 11.8. The number of ketones is 1. The third kappa shape index (κ3) is 4.02. The van der Waals surface area contributed by atoms with Crippen molar-refractivity contribution in [1.82, 2.24) is 9.97 Å². The average Bonchev–Trinajstić information content (AvgIpc) is 3.61. The smallest absolute Gasteiger partial charge is 0.296 e. The Labute approximate surface area is 228 Å². The molecule has 1 unspecified atom stereocenters. The van der Waals surface area contributed by atoms with Gasteiger partial charge in [-0.05, 0) is 46.9 Å². The first-order chi connectivity index (χ1) is 19.1. The standard InChI is InChI=1S/C31H26FN3O5/c1-31(2,3)18-10-8-16(9-11-18)25-24(26(36)23-14-17-6-5-7-22(39-4)28(17)40-23)27(37)29(38)35(25)30-33-20-13-12-19(32)15-21(20)34-30/h5-15,25,37H,1-4H3,(H,33,34). The third-order valence-electron chi connectivity index (χ3n) is 7.16. The van der Waals surface area contributed by atoms with Crippen molar-refractivity contribution < 1.29 is 28.2 Å². The maximum Gasteiger partial charge on any atom is 0.296 e. The van der Waals surface area contributed by atoms with Crippen molar-refractivity contribution >= 4 is 39.6 Å². The van der Waals surface area contributed by atoms with E-state index >= 15 is 0 Å². The number of hydrogen-bond donors (Lipinski definition) is 2. The summed E-state index contributed by atoms with van der Waals surface area (Å²) < 4.78 is 25.1. The van der Waals surface area contributed by atoms with Gasteiger partial charge >= 0.3 is 0 Å². The first-order valence-corrected chi connectivity index (χ1v) is 12.7. The summed E-state index contributed by atoms with van der Waals surface area (Å²) in [7, 11) is 1.50. The number of methoxy groups -OCH3 is 1. The molecule has 0 fully saturated rings. The van der Waals surface area contributed by atoms with Crippen molar-refractivity contribution in [2.45, 2.75) is 32.2 Å². The molecule has 1 atom stereocenters. The maximum absolute atomic E-state index is 14.0. The number of halogens is 1. The fraction of sp³-hybridized carbons (Fsp3) is 0.194. The minimum absolute atomic E-state index is 0.0568. The zero-order chi connectivity index (χ0) is 28.3. The van der Waals surface area contributed by atoms with E-state index in [1.165, 1.54) is 30.2 Å². The molecule has 0 bridgehead atoms. The highest BCUT2D eigenvalue weighted by Crippen LogP contribution is 2.43. The number of aliphatic hydroxyl groups is 1. The number of aromatic amines is 1. The van der Waals surface area contributed by atoms with Crippen molar-refractivity contribution in [3.8, 4) is 5.75 Å². The van der Waals surface area contributed by atoms with Crippen molar-refractivity contribution in [3.05, 3.63) is 101 Å². The summed E-state index contributed by atoms with van der Waals surface area (Å²) in [5.41, 5.74) is 2.52. The van der Waals surface area contributed by atoms with Gasteiger partial charge in [-0.15, -0.1) is 0 Å². The van der Waals surface area contributed by atoms with Gasteiger partial charge < -0.3 is 19.2 Å². The van der Waals surface area contributed by atoms with Gasteiger partial charge in [-0.25, -0.2) is 9.37 Å². The minimum Gasteiger partial charge on any atom is -0.503 e. The lowest BCUT2D eigenvalue weighted by Gasteiger charge is -2.25. The van der Waals surface area contributed by atoms with Gasteiger partial charge in [0, 0.05) is 5.39 Å². The lowest BCUT2D eigenvalue weighted by atomic mass is 9.85. The summed E-state index contributed by atoms with van der Waals surface area (Å²) >= 11 is 0. The number of furan rings is 1. The summed E-state index contributed by atoms with van der Waals surface area (Å²) in [6, 6.07) is 17.3. The Morgan fingerprint density at radius 1 is 1.10 bits per heavy atom. The zero-order valence-corrected chi connectivity index (χ0v) is 22.3. The number of aromatic nitrogens is 2. The van der Waals surface area contributed by atoms with Crippen LogP contribution in [0, 0.1) is 5.82 Å². The van der Waals surface area contributed by atoms with E-state index in [0.717, 1.165) is 5.56 Å². The van der Waals surface area contributed by atoms with E-state index in [1.54, 1.807) is 24.3 Å². The van der Waals surface area contributed by atoms with Gasteiger partial charge in [-0.2, -0.15) is 0 Å². The highest BCUT2D eigenvalue weighted by molar-refractivity contribution is 6.20. The SMILES string of the molecule is COc1cccc2cc(C(=O)C3=C(O)C(=O)N(c4nc5ccc(F)cc5[nH]4)C3c3ccc(C(C)(C)C)cc3)oc12. The summed E-state index contributed by atoms with van der Waals surface area (Å²) in [6.45, 7) is 6.24. The number of anilines is 1. The van der Waals surface area contributed by atoms with Crippen LogP contribution in [0.3, 0.4) is 0 Å². The Bertz CT molecular complexity index is 1840. The summed E-state index contributed by atoms with van der Waals surface area (Å²) in [6.07, 6.45) is 0. The molecule has 8 nitrogen and oxygen atoms in total. The number of rotatable bonds is 5. The Morgan fingerprint density at radius 3 is 2.55 bits per heavy atom. The molecule has 0 radical (unpaired) electrons. The van der Waals surface area contributed by atoms with Crippen LogP contribution < -0.4 is 9.64 Å². The Balaban J connectivity index is 1.51. The van der Waals surface area contributed by atoms with E-state index in [9.17, 15) is 19.1 Å².